The normalized spacial score (nSPS) is 16.9. The van der Waals surface area contributed by atoms with Crippen LogP contribution in [0.2, 0.25) is 5.02 Å². The maximum Gasteiger partial charge on any atom is 0.300 e. The van der Waals surface area contributed by atoms with E-state index in [1.54, 1.807) is 48.5 Å². The number of carbonyl (C=O) groups excluding carboxylic acids is 2. The van der Waals surface area contributed by atoms with E-state index in [0.29, 0.717) is 34.2 Å². The van der Waals surface area contributed by atoms with Crippen molar-refractivity contribution >= 4 is 34.7 Å². The summed E-state index contributed by atoms with van der Waals surface area (Å²) < 4.78 is 10.9. The highest BCUT2D eigenvalue weighted by Crippen LogP contribution is 2.44. The standard InChI is InChI=1S/C28H26ClNO6/c1-4-12-36-22-10-9-18(13-16(22)2)26(32)24-25(17-8-11-23(35-3)21(31)14-17)30(28(34)27(24)33)20-7-5-6-19(29)15-20/h5-11,13-15,25,31-32H,4,12H2,1-3H3/b26-24-. The minimum atomic E-state index is -1.02. The molecule has 4 rings (SSSR count). The lowest BCUT2D eigenvalue weighted by atomic mass is 9.94. The number of aromatic hydroxyl groups is 1. The number of aliphatic hydroxyl groups is 1. The largest absolute Gasteiger partial charge is 0.507 e. The van der Waals surface area contributed by atoms with E-state index in [4.69, 9.17) is 21.1 Å². The lowest BCUT2D eigenvalue weighted by Gasteiger charge is -2.26. The van der Waals surface area contributed by atoms with Gasteiger partial charge < -0.3 is 19.7 Å². The number of aliphatic hydroxyl groups excluding tert-OH is 1. The van der Waals surface area contributed by atoms with Gasteiger partial charge in [-0.15, -0.1) is 0 Å². The molecule has 8 heteroatoms. The quantitative estimate of drug-likeness (QED) is 0.239. The Kier molecular flexibility index (Phi) is 7.22. The second-order valence-electron chi connectivity index (χ2n) is 8.41. The second-order valence-corrected chi connectivity index (χ2v) is 8.85. The van der Waals surface area contributed by atoms with Gasteiger partial charge in [-0.1, -0.05) is 30.7 Å². The zero-order valence-electron chi connectivity index (χ0n) is 20.1. The summed E-state index contributed by atoms with van der Waals surface area (Å²) in [5.41, 5.74) is 1.82. The van der Waals surface area contributed by atoms with Gasteiger partial charge in [-0.3, -0.25) is 14.5 Å². The van der Waals surface area contributed by atoms with Crippen molar-refractivity contribution in [2.45, 2.75) is 26.3 Å². The highest BCUT2D eigenvalue weighted by molar-refractivity contribution is 6.51. The Hall–Kier alpha value is -3.97. The third kappa shape index (κ3) is 4.62. The van der Waals surface area contributed by atoms with Crippen molar-refractivity contribution in [2.75, 3.05) is 18.6 Å². The highest BCUT2D eigenvalue weighted by Gasteiger charge is 2.47. The number of phenols is 1. The molecule has 2 N–H and O–H groups in total. The number of benzene rings is 3. The second kappa shape index (κ2) is 10.3. The molecule has 36 heavy (non-hydrogen) atoms. The van der Waals surface area contributed by atoms with E-state index in [1.807, 2.05) is 13.8 Å². The van der Waals surface area contributed by atoms with Gasteiger partial charge in [0.05, 0.1) is 25.3 Å². The molecule has 1 saturated heterocycles. The van der Waals surface area contributed by atoms with E-state index in [-0.39, 0.29) is 22.8 Å². The summed E-state index contributed by atoms with van der Waals surface area (Å²) in [6.45, 7) is 4.40. The molecule has 1 heterocycles. The van der Waals surface area contributed by atoms with Gasteiger partial charge in [0, 0.05) is 16.3 Å². The van der Waals surface area contributed by atoms with Gasteiger partial charge in [-0.05, 0) is 73.0 Å². The molecular formula is C28H26ClNO6. The molecule has 0 aliphatic carbocycles. The Bertz CT molecular complexity index is 1370. The van der Waals surface area contributed by atoms with Gasteiger partial charge in [0.25, 0.3) is 11.7 Å². The zero-order chi connectivity index (χ0) is 26.0. The number of methoxy groups -OCH3 is 1. The summed E-state index contributed by atoms with van der Waals surface area (Å²) in [5, 5.41) is 22.2. The van der Waals surface area contributed by atoms with Crippen molar-refractivity contribution in [3.63, 3.8) is 0 Å². The fourth-order valence-corrected chi connectivity index (χ4v) is 4.43. The number of aryl methyl sites for hydroxylation is 1. The molecule has 186 valence electrons. The van der Waals surface area contributed by atoms with Crippen LogP contribution in [0.4, 0.5) is 5.69 Å². The van der Waals surface area contributed by atoms with Crippen LogP contribution in [0.1, 0.15) is 36.1 Å². The Balaban J connectivity index is 1.90. The van der Waals surface area contributed by atoms with Crippen LogP contribution in [-0.2, 0) is 9.59 Å². The lowest BCUT2D eigenvalue weighted by Crippen LogP contribution is -2.29. The SMILES string of the molecule is CCCOc1ccc(/C(O)=C2/C(=O)C(=O)N(c3cccc(Cl)c3)C2c2ccc(OC)c(O)c2)cc1C. The van der Waals surface area contributed by atoms with Crippen LogP contribution in [0.15, 0.2) is 66.2 Å². The number of phenolic OH excluding ortho intramolecular Hbond substituents is 1. The van der Waals surface area contributed by atoms with Crippen LogP contribution in [0.3, 0.4) is 0 Å². The topological polar surface area (TPSA) is 96.3 Å². The molecule has 1 fully saturated rings. The number of carbonyl (C=O) groups is 2. The molecule has 1 atom stereocenters. The fraction of sp³-hybridized carbons (Fsp3) is 0.214. The van der Waals surface area contributed by atoms with Gasteiger partial charge in [-0.25, -0.2) is 0 Å². The van der Waals surface area contributed by atoms with E-state index in [0.717, 1.165) is 12.0 Å². The first-order valence-corrected chi connectivity index (χ1v) is 11.8. The van der Waals surface area contributed by atoms with Crippen molar-refractivity contribution < 1.29 is 29.3 Å². The van der Waals surface area contributed by atoms with Gasteiger partial charge in [-0.2, -0.15) is 0 Å². The van der Waals surface area contributed by atoms with E-state index >= 15 is 0 Å². The average Bonchev–Trinajstić information content (AvgIpc) is 3.13. The predicted molar refractivity (Wildman–Crippen MR) is 138 cm³/mol. The van der Waals surface area contributed by atoms with Crippen molar-refractivity contribution in [3.05, 3.63) is 87.9 Å². The first-order chi connectivity index (χ1) is 17.3. The van der Waals surface area contributed by atoms with Gasteiger partial charge in [0.1, 0.15) is 11.5 Å². The maximum atomic E-state index is 13.3. The van der Waals surface area contributed by atoms with Crippen molar-refractivity contribution in [1.82, 2.24) is 0 Å². The summed E-state index contributed by atoms with van der Waals surface area (Å²) in [6.07, 6.45) is 0.850. The molecule has 0 radical (unpaired) electrons. The molecule has 1 unspecified atom stereocenters. The molecule has 1 aliphatic rings. The lowest BCUT2D eigenvalue weighted by molar-refractivity contribution is -0.132. The van der Waals surface area contributed by atoms with Crippen LogP contribution < -0.4 is 14.4 Å². The van der Waals surface area contributed by atoms with Gasteiger partial charge in [0.2, 0.25) is 0 Å². The molecule has 0 aromatic heterocycles. The average molecular weight is 508 g/mol. The number of amides is 1. The first-order valence-electron chi connectivity index (χ1n) is 11.4. The third-order valence-corrected chi connectivity index (χ3v) is 6.19. The predicted octanol–water partition coefficient (Wildman–Crippen LogP) is 5.78. The number of ketones is 1. The van der Waals surface area contributed by atoms with Gasteiger partial charge >= 0.3 is 0 Å². The number of hydrogen-bond donors (Lipinski definition) is 2. The summed E-state index contributed by atoms with van der Waals surface area (Å²) >= 11 is 6.18. The Morgan fingerprint density at radius 2 is 1.81 bits per heavy atom. The minimum Gasteiger partial charge on any atom is -0.507 e. The smallest absolute Gasteiger partial charge is 0.300 e. The fourth-order valence-electron chi connectivity index (χ4n) is 4.24. The number of hydrogen-bond acceptors (Lipinski definition) is 6. The number of halogens is 1. The monoisotopic (exact) mass is 507 g/mol. The summed E-state index contributed by atoms with van der Waals surface area (Å²) in [5.74, 6) is -1.26. The number of rotatable bonds is 7. The molecule has 0 spiro atoms. The third-order valence-electron chi connectivity index (χ3n) is 5.96. The first kappa shape index (κ1) is 25.1. The van der Waals surface area contributed by atoms with E-state index in [2.05, 4.69) is 0 Å². The maximum absolute atomic E-state index is 13.3. The number of Topliss-reactive ketones (excluding diaryl/α,β-unsaturated/α-hetero) is 1. The van der Waals surface area contributed by atoms with E-state index < -0.39 is 17.7 Å². The van der Waals surface area contributed by atoms with Crippen molar-refractivity contribution in [2.24, 2.45) is 0 Å². The number of ether oxygens (including phenoxy) is 2. The van der Waals surface area contributed by atoms with E-state index in [1.165, 1.54) is 24.1 Å². The summed E-state index contributed by atoms with van der Waals surface area (Å²) in [4.78, 5) is 27.9. The van der Waals surface area contributed by atoms with E-state index in [9.17, 15) is 19.8 Å². The molecule has 1 amide bonds. The van der Waals surface area contributed by atoms with Crippen LogP contribution in [0.5, 0.6) is 17.2 Å². The van der Waals surface area contributed by atoms with Crippen LogP contribution in [-0.4, -0.2) is 35.6 Å². The van der Waals surface area contributed by atoms with Crippen molar-refractivity contribution in [3.8, 4) is 17.2 Å². The van der Waals surface area contributed by atoms with Gasteiger partial charge in [0.15, 0.2) is 11.5 Å². The molecule has 7 nitrogen and oxygen atoms in total. The van der Waals surface area contributed by atoms with Crippen molar-refractivity contribution in [1.29, 1.82) is 0 Å². The van der Waals surface area contributed by atoms with Crippen LogP contribution in [0, 0.1) is 6.92 Å². The summed E-state index contributed by atoms with van der Waals surface area (Å²) in [6, 6.07) is 15.2. The molecule has 0 bridgehead atoms. The molecular weight excluding hydrogens is 482 g/mol. The Morgan fingerprint density at radius 1 is 1.06 bits per heavy atom. The zero-order valence-corrected chi connectivity index (χ0v) is 20.9. The molecule has 0 saturated carbocycles. The molecule has 1 aliphatic heterocycles. The number of anilines is 1. The molecule has 3 aromatic rings. The highest BCUT2D eigenvalue weighted by atomic mass is 35.5. The number of nitrogens with zero attached hydrogens (tertiary/aromatic N) is 1. The summed E-state index contributed by atoms with van der Waals surface area (Å²) in [7, 11) is 1.42. The minimum absolute atomic E-state index is 0.105. The van der Waals surface area contributed by atoms with Crippen LogP contribution >= 0.6 is 11.6 Å². The molecule has 3 aromatic carbocycles. The van der Waals surface area contributed by atoms with Crippen LogP contribution in [0.25, 0.3) is 5.76 Å². The Morgan fingerprint density at radius 3 is 2.44 bits per heavy atom. The Labute approximate surface area is 214 Å².